The van der Waals surface area contributed by atoms with Gasteiger partial charge in [0, 0.05) is 13.1 Å². The number of benzene rings is 2. The molecule has 6 heteroatoms. The van der Waals surface area contributed by atoms with Crippen LogP contribution in [0.15, 0.2) is 48.5 Å². The van der Waals surface area contributed by atoms with Crippen LogP contribution in [0, 0.1) is 0 Å². The summed E-state index contributed by atoms with van der Waals surface area (Å²) < 4.78 is 11.4. The SMILES string of the molecule is CC(C)c1ccccc1OCC(=O)NCCCCCCCCNC(=O)COc1ccccc1C(C)C. The van der Waals surface area contributed by atoms with Crippen LogP contribution in [-0.4, -0.2) is 38.1 Å². The molecule has 0 aliphatic carbocycles. The van der Waals surface area contributed by atoms with Gasteiger partial charge >= 0.3 is 0 Å². The van der Waals surface area contributed by atoms with Crippen LogP contribution in [0.2, 0.25) is 0 Å². The summed E-state index contributed by atoms with van der Waals surface area (Å²) in [4.78, 5) is 24.1. The zero-order valence-corrected chi connectivity index (χ0v) is 22.5. The Bertz CT molecular complexity index is 851. The average Bonchev–Trinajstić information content (AvgIpc) is 2.87. The summed E-state index contributed by atoms with van der Waals surface area (Å²) in [6.45, 7) is 9.89. The van der Waals surface area contributed by atoms with E-state index < -0.39 is 0 Å². The van der Waals surface area contributed by atoms with Crippen LogP contribution in [0.4, 0.5) is 0 Å². The van der Waals surface area contributed by atoms with Gasteiger partial charge in [-0.15, -0.1) is 0 Å². The third kappa shape index (κ3) is 11.1. The highest BCUT2D eigenvalue weighted by Gasteiger charge is 2.10. The number of carbonyl (C=O) groups excluding carboxylic acids is 2. The number of hydrogen-bond acceptors (Lipinski definition) is 4. The fourth-order valence-electron chi connectivity index (χ4n) is 3.98. The van der Waals surface area contributed by atoms with Gasteiger partial charge in [-0.1, -0.05) is 89.8 Å². The maximum Gasteiger partial charge on any atom is 0.257 e. The van der Waals surface area contributed by atoms with Crippen LogP contribution < -0.4 is 20.1 Å². The number of rotatable bonds is 17. The Morgan fingerprint density at radius 3 is 1.36 bits per heavy atom. The fraction of sp³-hybridized carbons (Fsp3) is 0.533. The zero-order chi connectivity index (χ0) is 26.2. The lowest BCUT2D eigenvalue weighted by atomic mass is 10.0. The lowest BCUT2D eigenvalue weighted by molar-refractivity contribution is -0.123. The molecule has 0 fully saturated rings. The first-order valence-electron chi connectivity index (χ1n) is 13.3. The lowest BCUT2D eigenvalue weighted by Gasteiger charge is -2.13. The van der Waals surface area contributed by atoms with Crippen molar-refractivity contribution in [3.8, 4) is 11.5 Å². The lowest BCUT2D eigenvalue weighted by Crippen LogP contribution is -2.30. The van der Waals surface area contributed by atoms with Gasteiger partial charge in [0.25, 0.3) is 11.8 Å². The average molecular weight is 497 g/mol. The summed E-state index contributed by atoms with van der Waals surface area (Å²) in [5, 5.41) is 5.87. The van der Waals surface area contributed by atoms with Crippen LogP contribution in [0.3, 0.4) is 0 Å². The molecule has 2 aromatic carbocycles. The van der Waals surface area contributed by atoms with Crippen molar-refractivity contribution in [3.63, 3.8) is 0 Å². The number of ether oxygens (including phenoxy) is 2. The maximum atomic E-state index is 12.1. The van der Waals surface area contributed by atoms with Gasteiger partial charge in [0.2, 0.25) is 0 Å². The van der Waals surface area contributed by atoms with Crippen LogP contribution in [0.1, 0.15) is 89.2 Å². The summed E-state index contributed by atoms with van der Waals surface area (Å²) >= 11 is 0. The highest BCUT2D eigenvalue weighted by molar-refractivity contribution is 5.77. The molecule has 0 saturated heterocycles. The van der Waals surface area contributed by atoms with Crippen molar-refractivity contribution in [2.45, 2.75) is 78.1 Å². The van der Waals surface area contributed by atoms with Gasteiger partial charge in [-0.3, -0.25) is 9.59 Å². The second-order valence-electron chi connectivity index (χ2n) is 9.78. The zero-order valence-electron chi connectivity index (χ0n) is 22.5. The van der Waals surface area contributed by atoms with E-state index in [-0.39, 0.29) is 25.0 Å². The Hall–Kier alpha value is -3.02. The first-order chi connectivity index (χ1) is 17.4. The van der Waals surface area contributed by atoms with Gasteiger partial charge in [-0.25, -0.2) is 0 Å². The second-order valence-corrected chi connectivity index (χ2v) is 9.78. The van der Waals surface area contributed by atoms with Crippen molar-refractivity contribution in [2.24, 2.45) is 0 Å². The first kappa shape index (κ1) is 29.2. The minimum Gasteiger partial charge on any atom is -0.483 e. The minimum absolute atomic E-state index is 0.0464. The van der Waals surface area contributed by atoms with E-state index in [4.69, 9.17) is 9.47 Å². The van der Waals surface area contributed by atoms with Gasteiger partial charge < -0.3 is 20.1 Å². The van der Waals surface area contributed by atoms with Crippen molar-refractivity contribution in [2.75, 3.05) is 26.3 Å². The molecule has 6 nitrogen and oxygen atoms in total. The molecule has 0 aromatic heterocycles. The molecule has 0 bridgehead atoms. The molecular formula is C30H44N2O4. The smallest absolute Gasteiger partial charge is 0.257 e. The Morgan fingerprint density at radius 1 is 0.611 bits per heavy atom. The van der Waals surface area contributed by atoms with Crippen LogP contribution in [-0.2, 0) is 9.59 Å². The summed E-state index contributed by atoms with van der Waals surface area (Å²) in [7, 11) is 0. The molecule has 0 aliphatic heterocycles. The molecule has 0 heterocycles. The number of hydrogen-bond donors (Lipinski definition) is 2. The molecule has 198 valence electrons. The van der Waals surface area contributed by atoms with E-state index in [2.05, 4.69) is 38.3 Å². The second kappa shape index (κ2) is 16.6. The van der Waals surface area contributed by atoms with Crippen LogP contribution in [0.5, 0.6) is 11.5 Å². The number of unbranched alkanes of at least 4 members (excludes halogenated alkanes) is 5. The van der Waals surface area contributed by atoms with Gasteiger partial charge in [-0.05, 0) is 47.9 Å². The third-order valence-electron chi connectivity index (χ3n) is 6.05. The molecule has 2 rings (SSSR count). The maximum absolute atomic E-state index is 12.1. The normalized spacial score (nSPS) is 10.9. The Morgan fingerprint density at radius 2 is 0.972 bits per heavy atom. The summed E-state index contributed by atoms with van der Waals surface area (Å²) in [6, 6.07) is 15.7. The Balaban J connectivity index is 1.44. The van der Waals surface area contributed by atoms with Crippen LogP contribution >= 0.6 is 0 Å². The quantitative estimate of drug-likeness (QED) is 0.265. The molecule has 2 amide bonds. The number of carbonyl (C=O) groups is 2. The fourth-order valence-corrected chi connectivity index (χ4v) is 3.98. The predicted octanol–water partition coefficient (Wildman–Crippen LogP) is 5.96. The molecule has 36 heavy (non-hydrogen) atoms. The first-order valence-corrected chi connectivity index (χ1v) is 13.3. The highest BCUT2D eigenvalue weighted by Crippen LogP contribution is 2.26. The van der Waals surface area contributed by atoms with Gasteiger partial charge in [-0.2, -0.15) is 0 Å². The summed E-state index contributed by atoms with van der Waals surface area (Å²) in [5.74, 6) is 2.10. The third-order valence-corrected chi connectivity index (χ3v) is 6.05. The number of amides is 2. The van der Waals surface area contributed by atoms with E-state index in [0.717, 1.165) is 61.2 Å². The largest absolute Gasteiger partial charge is 0.483 e. The molecule has 0 spiro atoms. The number of nitrogens with one attached hydrogen (secondary N) is 2. The monoisotopic (exact) mass is 496 g/mol. The molecule has 0 saturated carbocycles. The van der Waals surface area contributed by atoms with E-state index in [9.17, 15) is 9.59 Å². The van der Waals surface area contributed by atoms with Gasteiger partial charge in [0.1, 0.15) is 11.5 Å². The summed E-state index contributed by atoms with van der Waals surface area (Å²) in [5.41, 5.74) is 2.23. The molecule has 0 aliphatic rings. The molecule has 0 atom stereocenters. The van der Waals surface area contributed by atoms with Gasteiger partial charge in [0.15, 0.2) is 13.2 Å². The molecule has 0 unspecified atom stereocenters. The minimum atomic E-state index is -0.0824. The van der Waals surface area contributed by atoms with Crippen molar-refractivity contribution in [1.82, 2.24) is 10.6 Å². The van der Waals surface area contributed by atoms with Crippen molar-refractivity contribution >= 4 is 11.8 Å². The van der Waals surface area contributed by atoms with Crippen molar-refractivity contribution < 1.29 is 19.1 Å². The Labute approximate surface area is 217 Å². The Kier molecular flexibility index (Phi) is 13.5. The molecular weight excluding hydrogens is 452 g/mol. The predicted molar refractivity (Wildman–Crippen MR) is 146 cm³/mol. The van der Waals surface area contributed by atoms with Crippen molar-refractivity contribution in [1.29, 1.82) is 0 Å². The van der Waals surface area contributed by atoms with E-state index in [1.54, 1.807) is 0 Å². The number of para-hydroxylation sites is 2. The summed E-state index contributed by atoms with van der Waals surface area (Å²) in [6.07, 6.45) is 6.31. The molecule has 0 radical (unpaired) electrons. The van der Waals surface area contributed by atoms with Gasteiger partial charge in [0.05, 0.1) is 0 Å². The topological polar surface area (TPSA) is 76.7 Å². The standard InChI is InChI=1S/C30H44N2O4/c1-23(2)25-15-9-11-17-27(25)35-21-29(33)31-19-13-7-5-6-8-14-20-32-30(34)22-36-28-18-12-10-16-26(28)24(3)4/h9-12,15-18,23-24H,5-8,13-14,19-22H2,1-4H3,(H,31,33)(H,32,34). The molecule has 2 aromatic rings. The van der Waals surface area contributed by atoms with E-state index >= 15 is 0 Å². The van der Waals surface area contributed by atoms with E-state index in [1.165, 1.54) is 0 Å². The highest BCUT2D eigenvalue weighted by atomic mass is 16.5. The van der Waals surface area contributed by atoms with E-state index in [1.807, 2.05) is 48.5 Å². The van der Waals surface area contributed by atoms with Crippen molar-refractivity contribution in [3.05, 3.63) is 59.7 Å². The van der Waals surface area contributed by atoms with E-state index in [0.29, 0.717) is 24.9 Å². The van der Waals surface area contributed by atoms with Crippen LogP contribution in [0.25, 0.3) is 0 Å². The molecule has 2 N–H and O–H groups in total.